The van der Waals surface area contributed by atoms with Gasteiger partial charge < -0.3 is 15.5 Å². The number of rotatable bonds is 5. The van der Waals surface area contributed by atoms with Gasteiger partial charge >= 0.3 is 0 Å². The van der Waals surface area contributed by atoms with E-state index in [2.05, 4.69) is 32.1 Å². The van der Waals surface area contributed by atoms with E-state index in [1.165, 1.54) is 5.56 Å². The summed E-state index contributed by atoms with van der Waals surface area (Å²) in [5, 5.41) is 9.47. The molecule has 2 heterocycles. The summed E-state index contributed by atoms with van der Waals surface area (Å²) < 4.78 is 0. The fourth-order valence-electron chi connectivity index (χ4n) is 2.90. The molecule has 0 aliphatic carbocycles. The number of hydrogen-bond donors (Lipinski definition) is 2. The zero-order chi connectivity index (χ0) is 17.6. The van der Waals surface area contributed by atoms with Gasteiger partial charge in [0.1, 0.15) is 0 Å². The van der Waals surface area contributed by atoms with E-state index in [0.717, 1.165) is 42.3 Å². The predicted octanol–water partition coefficient (Wildman–Crippen LogP) is 1.75. The average Bonchev–Trinajstić information content (AvgIpc) is 3.23. The maximum absolute atomic E-state index is 12.5. The highest BCUT2D eigenvalue weighted by atomic mass is 32.1. The molecule has 3 rings (SSSR count). The molecule has 0 radical (unpaired) electrons. The first kappa shape index (κ1) is 17.4. The van der Waals surface area contributed by atoms with E-state index < -0.39 is 0 Å². The lowest BCUT2D eigenvalue weighted by Crippen LogP contribution is -2.44. The normalized spacial score (nSPS) is 13.7. The molecule has 0 unspecified atom stereocenters. The Balaban J connectivity index is 1.46. The van der Waals surface area contributed by atoms with Gasteiger partial charge in [-0.3, -0.25) is 9.79 Å². The third kappa shape index (κ3) is 4.36. The van der Waals surface area contributed by atoms with Crippen molar-refractivity contribution in [3.63, 3.8) is 0 Å². The van der Waals surface area contributed by atoms with Crippen LogP contribution < -0.4 is 15.5 Å². The molecule has 1 amide bonds. The Morgan fingerprint density at radius 3 is 2.96 bits per heavy atom. The van der Waals surface area contributed by atoms with Crippen molar-refractivity contribution in [2.24, 2.45) is 4.99 Å². The quantitative estimate of drug-likeness (QED) is 0.632. The maximum atomic E-state index is 12.5. The molecule has 0 spiro atoms. The number of benzene rings is 1. The minimum absolute atomic E-state index is 0.0584. The number of thiazole rings is 1. The largest absolute Gasteiger partial charge is 0.356 e. The Labute approximate surface area is 152 Å². The number of carbonyl (C=O) groups is 1. The Hall–Kier alpha value is -2.41. The van der Waals surface area contributed by atoms with Crippen LogP contribution in [0.5, 0.6) is 0 Å². The first-order valence-electron chi connectivity index (χ1n) is 8.41. The zero-order valence-electron chi connectivity index (χ0n) is 14.6. The molecule has 1 aliphatic heterocycles. The number of para-hydroxylation sites is 1. The summed E-state index contributed by atoms with van der Waals surface area (Å²) in [5.41, 5.74) is 3.34. The van der Waals surface area contributed by atoms with Gasteiger partial charge in [-0.1, -0.05) is 18.2 Å². The molecule has 0 atom stereocenters. The Morgan fingerprint density at radius 2 is 2.20 bits per heavy atom. The highest BCUT2D eigenvalue weighted by Crippen LogP contribution is 2.27. The topological polar surface area (TPSA) is 69.6 Å². The number of guanidine groups is 1. The number of hydrogen-bond acceptors (Lipinski definition) is 4. The van der Waals surface area contributed by atoms with Crippen LogP contribution in [0, 0.1) is 6.92 Å². The van der Waals surface area contributed by atoms with Gasteiger partial charge in [0.05, 0.1) is 17.2 Å². The van der Waals surface area contributed by atoms with E-state index in [1.54, 1.807) is 18.4 Å². The third-order valence-corrected chi connectivity index (χ3v) is 4.98. The molecule has 0 saturated carbocycles. The number of carbonyl (C=O) groups excluding carboxylic acids is 1. The second-order valence-corrected chi connectivity index (χ2v) is 6.95. The van der Waals surface area contributed by atoms with Gasteiger partial charge in [-0.05, 0) is 25.0 Å². The van der Waals surface area contributed by atoms with Crippen molar-refractivity contribution < 1.29 is 4.79 Å². The van der Waals surface area contributed by atoms with Crippen LogP contribution in [0.2, 0.25) is 0 Å². The third-order valence-electron chi connectivity index (χ3n) is 4.16. The van der Waals surface area contributed by atoms with Crippen LogP contribution in [0.15, 0.2) is 34.6 Å². The first-order chi connectivity index (χ1) is 12.2. The van der Waals surface area contributed by atoms with E-state index in [9.17, 15) is 4.79 Å². The lowest BCUT2D eigenvalue weighted by molar-refractivity contribution is -0.117. The van der Waals surface area contributed by atoms with Gasteiger partial charge in [-0.25, -0.2) is 4.98 Å². The molecular formula is C18H23N5OS. The van der Waals surface area contributed by atoms with Crippen LogP contribution in [-0.2, 0) is 17.6 Å². The number of nitrogens with zero attached hydrogens (tertiary/aromatic N) is 3. The fourth-order valence-corrected chi connectivity index (χ4v) is 3.55. The zero-order valence-corrected chi connectivity index (χ0v) is 15.4. The molecule has 7 heteroatoms. The lowest BCUT2D eigenvalue weighted by atomic mass is 10.2. The van der Waals surface area contributed by atoms with Gasteiger partial charge in [-0.15, -0.1) is 11.3 Å². The monoisotopic (exact) mass is 357 g/mol. The minimum atomic E-state index is 0.0584. The molecule has 0 saturated heterocycles. The molecule has 2 N–H and O–H groups in total. The summed E-state index contributed by atoms with van der Waals surface area (Å²) in [6, 6.07) is 8.07. The van der Waals surface area contributed by atoms with Gasteiger partial charge in [0.15, 0.2) is 5.96 Å². The van der Waals surface area contributed by atoms with Gasteiger partial charge in [0.25, 0.3) is 0 Å². The summed E-state index contributed by atoms with van der Waals surface area (Å²) in [4.78, 5) is 23.0. The molecule has 1 aromatic carbocycles. The van der Waals surface area contributed by atoms with Crippen molar-refractivity contribution in [2.75, 3.05) is 31.6 Å². The van der Waals surface area contributed by atoms with Gasteiger partial charge in [-0.2, -0.15) is 0 Å². The SMILES string of the molecule is CN=C(NCCc1csc(C)n1)NCC(=O)N1CCc2ccccc21. The Kier molecular flexibility index (Phi) is 5.65. The molecule has 6 nitrogen and oxygen atoms in total. The number of fused-ring (bicyclic) bond motifs is 1. The number of anilines is 1. The molecule has 1 aromatic heterocycles. The summed E-state index contributed by atoms with van der Waals surface area (Å²) in [6.07, 6.45) is 1.75. The van der Waals surface area contributed by atoms with Crippen molar-refractivity contribution in [1.82, 2.24) is 15.6 Å². The van der Waals surface area contributed by atoms with Crippen molar-refractivity contribution >= 4 is 28.9 Å². The van der Waals surface area contributed by atoms with Crippen molar-refractivity contribution in [1.29, 1.82) is 0 Å². The van der Waals surface area contributed by atoms with Crippen molar-refractivity contribution in [2.45, 2.75) is 19.8 Å². The van der Waals surface area contributed by atoms with Crippen LogP contribution in [0.3, 0.4) is 0 Å². The summed E-state index contributed by atoms with van der Waals surface area (Å²) >= 11 is 1.66. The van der Waals surface area contributed by atoms with E-state index in [1.807, 2.05) is 30.0 Å². The van der Waals surface area contributed by atoms with E-state index >= 15 is 0 Å². The predicted molar refractivity (Wildman–Crippen MR) is 102 cm³/mol. The number of aromatic nitrogens is 1. The van der Waals surface area contributed by atoms with Crippen molar-refractivity contribution in [3.05, 3.63) is 45.9 Å². The number of aryl methyl sites for hydroxylation is 1. The van der Waals surface area contributed by atoms with E-state index in [4.69, 9.17) is 0 Å². The van der Waals surface area contributed by atoms with Gasteiger partial charge in [0.2, 0.25) is 5.91 Å². The smallest absolute Gasteiger partial charge is 0.246 e. The standard InChI is InChI=1S/C18H23N5OS/c1-13-22-15(12-25-13)7-9-20-18(19-2)21-11-17(24)23-10-8-14-5-3-4-6-16(14)23/h3-6,12H,7-11H2,1-2H3,(H2,19,20,21). The molecule has 0 bridgehead atoms. The molecule has 1 aliphatic rings. The highest BCUT2D eigenvalue weighted by Gasteiger charge is 2.23. The second kappa shape index (κ2) is 8.11. The number of nitrogens with one attached hydrogen (secondary N) is 2. The van der Waals surface area contributed by atoms with Crippen LogP contribution in [0.4, 0.5) is 5.69 Å². The van der Waals surface area contributed by atoms with Gasteiger partial charge in [0, 0.05) is 37.6 Å². The maximum Gasteiger partial charge on any atom is 0.246 e. The van der Waals surface area contributed by atoms with Crippen LogP contribution in [-0.4, -0.2) is 43.5 Å². The lowest BCUT2D eigenvalue weighted by Gasteiger charge is -2.18. The molecule has 2 aromatic rings. The molecule has 25 heavy (non-hydrogen) atoms. The Bertz CT molecular complexity index is 770. The van der Waals surface area contributed by atoms with Crippen LogP contribution in [0.25, 0.3) is 0 Å². The number of amides is 1. The second-order valence-electron chi connectivity index (χ2n) is 5.88. The fraction of sp³-hybridized carbons (Fsp3) is 0.389. The van der Waals surface area contributed by atoms with Crippen LogP contribution in [0.1, 0.15) is 16.3 Å². The van der Waals surface area contributed by atoms with Crippen LogP contribution >= 0.6 is 11.3 Å². The Morgan fingerprint density at radius 1 is 1.36 bits per heavy atom. The van der Waals surface area contributed by atoms with E-state index in [0.29, 0.717) is 5.96 Å². The molecule has 132 valence electrons. The molecular weight excluding hydrogens is 334 g/mol. The summed E-state index contributed by atoms with van der Waals surface area (Å²) in [5.74, 6) is 0.691. The van der Waals surface area contributed by atoms with Crippen molar-refractivity contribution in [3.8, 4) is 0 Å². The summed E-state index contributed by atoms with van der Waals surface area (Å²) in [6.45, 7) is 3.70. The minimum Gasteiger partial charge on any atom is -0.356 e. The first-order valence-corrected chi connectivity index (χ1v) is 9.29. The highest BCUT2D eigenvalue weighted by molar-refractivity contribution is 7.09. The summed E-state index contributed by atoms with van der Waals surface area (Å²) in [7, 11) is 1.71. The number of aliphatic imine (C=N–C) groups is 1. The average molecular weight is 357 g/mol. The molecule has 0 fully saturated rings. The van der Waals surface area contributed by atoms with E-state index in [-0.39, 0.29) is 12.5 Å².